The Morgan fingerprint density at radius 1 is 1.32 bits per heavy atom. The zero-order valence-electron chi connectivity index (χ0n) is 17.6. The number of hydrogen-bond donors (Lipinski definition) is 1. The topological polar surface area (TPSA) is 102 Å². The normalized spacial score (nSPS) is 19.1. The number of esters is 1. The number of aliphatic carboxylic acids is 1. The van der Waals surface area contributed by atoms with Crippen LogP contribution in [0.3, 0.4) is 0 Å². The van der Waals surface area contributed by atoms with E-state index in [0.29, 0.717) is 29.1 Å². The monoisotopic (exact) mass is 471 g/mol. The third-order valence-corrected chi connectivity index (χ3v) is 6.09. The number of carboxylic acid groups (broad SMARTS) is 1. The highest BCUT2D eigenvalue weighted by molar-refractivity contribution is 7.99. The van der Waals surface area contributed by atoms with E-state index in [4.69, 9.17) is 25.8 Å². The maximum Gasteiger partial charge on any atom is 0.509 e. The molecule has 1 fully saturated rings. The van der Waals surface area contributed by atoms with Gasteiger partial charge >= 0.3 is 18.1 Å². The fraction of sp³-hybridized carbons (Fsp3) is 0.476. The second kappa shape index (κ2) is 12.0. The zero-order valence-corrected chi connectivity index (χ0v) is 19.1. The number of benzene rings is 1. The number of piperidine rings is 1. The summed E-state index contributed by atoms with van der Waals surface area (Å²) in [5.74, 6) is -1.54. The van der Waals surface area contributed by atoms with Crippen molar-refractivity contribution in [2.24, 2.45) is 0 Å². The lowest BCUT2D eigenvalue weighted by Crippen LogP contribution is -2.43. The Morgan fingerprint density at radius 2 is 2.03 bits per heavy atom. The number of hydrogen-bond acceptors (Lipinski definition) is 8. The summed E-state index contributed by atoms with van der Waals surface area (Å²) in [5.41, 5.74) is 1.20. The molecule has 1 saturated heterocycles. The third-order valence-electron chi connectivity index (χ3n) is 4.55. The van der Waals surface area contributed by atoms with E-state index in [9.17, 15) is 19.5 Å². The molecule has 2 rings (SSSR count). The highest BCUT2D eigenvalue weighted by atomic mass is 35.5. The number of thioether (sulfide) groups is 1. The van der Waals surface area contributed by atoms with Crippen molar-refractivity contribution in [1.29, 1.82) is 0 Å². The molecule has 0 radical (unpaired) electrons. The number of carbonyl (C=O) groups excluding carboxylic acids is 2. The number of rotatable bonds is 8. The molecule has 1 aliphatic heterocycles. The van der Waals surface area contributed by atoms with E-state index in [1.165, 1.54) is 18.9 Å². The molecule has 170 valence electrons. The number of halogens is 1. The van der Waals surface area contributed by atoms with Crippen molar-refractivity contribution >= 4 is 41.5 Å². The van der Waals surface area contributed by atoms with Crippen molar-refractivity contribution in [2.75, 3.05) is 26.1 Å². The van der Waals surface area contributed by atoms with Gasteiger partial charge in [0.1, 0.15) is 12.0 Å². The number of carbonyl (C=O) groups is 3. The minimum Gasteiger partial charge on any atom is -0.478 e. The van der Waals surface area contributed by atoms with Crippen LogP contribution in [0.25, 0.3) is 0 Å². The molecule has 0 aromatic heterocycles. The molecule has 1 aromatic rings. The molecule has 10 heteroatoms. The Balaban J connectivity index is 2.15. The van der Waals surface area contributed by atoms with Gasteiger partial charge in [0.25, 0.3) is 0 Å². The molecule has 0 aliphatic carbocycles. The average Bonchev–Trinajstić information content (AvgIpc) is 2.70. The second-order valence-electron chi connectivity index (χ2n) is 7.10. The maximum atomic E-state index is 12.6. The predicted octanol–water partition coefficient (Wildman–Crippen LogP) is 3.89. The van der Waals surface area contributed by atoms with Crippen LogP contribution in [0.5, 0.6) is 0 Å². The molecule has 1 aliphatic rings. The lowest BCUT2D eigenvalue weighted by atomic mass is 9.98. The Bertz CT molecular complexity index is 830. The van der Waals surface area contributed by atoms with Gasteiger partial charge < -0.3 is 19.3 Å². The van der Waals surface area contributed by atoms with Crippen LogP contribution in [0.2, 0.25) is 5.02 Å². The largest absolute Gasteiger partial charge is 0.509 e. The van der Waals surface area contributed by atoms with Crippen LogP contribution in [0, 0.1) is 0 Å². The first-order chi connectivity index (χ1) is 14.7. The molecule has 2 atom stereocenters. The van der Waals surface area contributed by atoms with Crippen molar-refractivity contribution in [1.82, 2.24) is 4.90 Å². The fourth-order valence-electron chi connectivity index (χ4n) is 3.26. The van der Waals surface area contributed by atoms with E-state index < -0.39 is 24.1 Å². The Morgan fingerprint density at radius 3 is 2.65 bits per heavy atom. The summed E-state index contributed by atoms with van der Waals surface area (Å²) in [6.45, 7) is 4.16. The van der Waals surface area contributed by atoms with Gasteiger partial charge in [0.05, 0.1) is 13.2 Å². The average molecular weight is 472 g/mol. The highest BCUT2D eigenvalue weighted by Crippen LogP contribution is 2.35. The Kier molecular flexibility index (Phi) is 9.67. The van der Waals surface area contributed by atoms with Gasteiger partial charge in [-0.15, -0.1) is 11.8 Å². The second-order valence-corrected chi connectivity index (χ2v) is 8.64. The van der Waals surface area contributed by atoms with Gasteiger partial charge in [-0.05, 0) is 37.5 Å². The summed E-state index contributed by atoms with van der Waals surface area (Å²) < 4.78 is 15.0. The summed E-state index contributed by atoms with van der Waals surface area (Å²) in [6, 6.07) is 6.22. The van der Waals surface area contributed by atoms with E-state index in [0.717, 1.165) is 6.08 Å². The van der Waals surface area contributed by atoms with Crippen molar-refractivity contribution in [3.8, 4) is 0 Å². The van der Waals surface area contributed by atoms with Crippen LogP contribution in [-0.2, 0) is 23.8 Å². The highest BCUT2D eigenvalue weighted by Gasteiger charge is 2.35. The number of likely N-dealkylation sites (tertiary alicyclic amines) is 1. The van der Waals surface area contributed by atoms with Gasteiger partial charge in [0.15, 0.2) is 0 Å². The van der Waals surface area contributed by atoms with Gasteiger partial charge in [-0.1, -0.05) is 29.8 Å². The molecule has 8 nitrogen and oxygen atoms in total. The van der Waals surface area contributed by atoms with E-state index in [1.54, 1.807) is 38.1 Å². The van der Waals surface area contributed by atoms with Crippen LogP contribution in [-0.4, -0.2) is 65.6 Å². The molecule has 1 heterocycles. The van der Waals surface area contributed by atoms with Gasteiger partial charge in [0.2, 0.25) is 0 Å². The van der Waals surface area contributed by atoms with Crippen LogP contribution in [0.1, 0.15) is 31.9 Å². The molecule has 0 amide bonds. The quantitative estimate of drug-likeness (QED) is 0.343. The third kappa shape index (κ3) is 7.45. The Labute approximate surface area is 190 Å². The minimum absolute atomic E-state index is 0.0259. The maximum absolute atomic E-state index is 12.6. The van der Waals surface area contributed by atoms with Crippen molar-refractivity contribution < 1.29 is 33.7 Å². The SMILES string of the molecule is COC(=O)C(c1ccccc1Cl)N1CC[C@H](SCOC(=O)OC(C)C)/C(=C\C(=O)O)C1. The molecule has 1 unspecified atom stereocenters. The summed E-state index contributed by atoms with van der Waals surface area (Å²) >= 11 is 7.62. The first-order valence-electron chi connectivity index (χ1n) is 9.67. The summed E-state index contributed by atoms with van der Waals surface area (Å²) in [7, 11) is 1.30. The number of ether oxygens (including phenoxy) is 3. The molecule has 1 N–H and O–H groups in total. The van der Waals surface area contributed by atoms with E-state index in [1.807, 2.05) is 4.90 Å². The van der Waals surface area contributed by atoms with Crippen LogP contribution >= 0.6 is 23.4 Å². The standard InChI is InChI=1S/C21H26ClNO7S/c1-13(2)30-21(27)29-12-31-17-8-9-23(11-14(17)10-18(24)25)19(20(26)28-3)15-6-4-5-7-16(15)22/h4-7,10,13,17,19H,8-9,11-12H2,1-3H3,(H,24,25)/b14-10-/t17-,19?/m0/s1. The lowest BCUT2D eigenvalue weighted by Gasteiger charge is -2.37. The van der Waals surface area contributed by atoms with Crippen molar-refractivity contribution in [3.05, 3.63) is 46.5 Å². The minimum atomic E-state index is -1.09. The van der Waals surface area contributed by atoms with Crippen LogP contribution < -0.4 is 0 Å². The van der Waals surface area contributed by atoms with Gasteiger partial charge in [-0.3, -0.25) is 4.90 Å². The summed E-state index contributed by atoms with van der Waals surface area (Å²) in [5, 5.41) is 9.55. The van der Waals surface area contributed by atoms with Gasteiger partial charge in [-0.2, -0.15) is 0 Å². The number of methoxy groups -OCH3 is 1. The first kappa shape index (κ1) is 25.0. The lowest BCUT2D eigenvalue weighted by molar-refractivity contribution is -0.147. The summed E-state index contributed by atoms with van der Waals surface area (Å²) in [4.78, 5) is 37.4. The fourth-order valence-corrected chi connectivity index (χ4v) is 4.46. The number of nitrogens with zero attached hydrogens (tertiary/aromatic N) is 1. The van der Waals surface area contributed by atoms with Crippen LogP contribution in [0.4, 0.5) is 4.79 Å². The van der Waals surface area contributed by atoms with E-state index in [2.05, 4.69) is 0 Å². The van der Waals surface area contributed by atoms with Gasteiger partial charge in [-0.25, -0.2) is 14.4 Å². The zero-order chi connectivity index (χ0) is 23.0. The predicted molar refractivity (Wildman–Crippen MR) is 117 cm³/mol. The first-order valence-corrected chi connectivity index (χ1v) is 11.1. The van der Waals surface area contributed by atoms with Gasteiger partial charge in [0, 0.05) is 29.4 Å². The van der Waals surface area contributed by atoms with Crippen molar-refractivity contribution in [2.45, 2.75) is 37.7 Å². The molecular formula is C21H26ClNO7S. The van der Waals surface area contributed by atoms with Crippen LogP contribution in [0.15, 0.2) is 35.9 Å². The molecular weight excluding hydrogens is 446 g/mol. The van der Waals surface area contributed by atoms with E-state index in [-0.39, 0.29) is 23.8 Å². The van der Waals surface area contributed by atoms with Crippen molar-refractivity contribution in [3.63, 3.8) is 0 Å². The molecule has 31 heavy (non-hydrogen) atoms. The number of carboxylic acids is 1. The molecule has 0 bridgehead atoms. The molecule has 0 spiro atoms. The molecule has 0 saturated carbocycles. The smallest absolute Gasteiger partial charge is 0.478 e. The summed E-state index contributed by atoms with van der Waals surface area (Å²) in [6.07, 6.45) is 0.623. The molecule has 1 aromatic carbocycles. The van der Waals surface area contributed by atoms with E-state index >= 15 is 0 Å². The Hall–Kier alpha value is -2.23.